The van der Waals surface area contributed by atoms with E-state index in [1.165, 1.54) is 6.92 Å². The molecular formula is C15H15N2O2+. The molecule has 1 N–H and O–H groups in total. The molecule has 2 rings (SSSR count). The van der Waals surface area contributed by atoms with Crippen molar-refractivity contribution >= 4 is 17.4 Å². The van der Waals surface area contributed by atoms with Crippen LogP contribution in [0.25, 0.3) is 0 Å². The van der Waals surface area contributed by atoms with Crippen molar-refractivity contribution in [1.29, 1.82) is 0 Å². The largest absolute Gasteiger partial charge is 0.321 e. The van der Waals surface area contributed by atoms with Crippen molar-refractivity contribution in [1.82, 2.24) is 0 Å². The van der Waals surface area contributed by atoms with Gasteiger partial charge in [0.1, 0.15) is 0 Å². The average Bonchev–Trinajstić information content (AvgIpc) is 2.40. The third kappa shape index (κ3) is 3.74. The van der Waals surface area contributed by atoms with Crippen molar-refractivity contribution in [2.45, 2.75) is 13.5 Å². The number of aromatic nitrogens is 1. The van der Waals surface area contributed by atoms with E-state index in [1.807, 2.05) is 30.3 Å². The molecule has 4 nitrogen and oxygen atoms in total. The summed E-state index contributed by atoms with van der Waals surface area (Å²) in [6.07, 6.45) is 3.43. The first-order valence-corrected chi connectivity index (χ1v) is 6.00. The second-order valence-electron chi connectivity index (χ2n) is 4.24. The molecule has 96 valence electrons. The quantitative estimate of drug-likeness (QED) is 0.669. The average molecular weight is 255 g/mol. The highest BCUT2D eigenvalue weighted by Crippen LogP contribution is 2.04. The molecule has 0 fully saturated rings. The lowest BCUT2D eigenvalue weighted by Gasteiger charge is -2.02. The lowest BCUT2D eigenvalue weighted by Crippen LogP contribution is -2.40. The van der Waals surface area contributed by atoms with Crippen LogP contribution in [0.15, 0.2) is 54.9 Å². The second kappa shape index (κ2) is 5.91. The summed E-state index contributed by atoms with van der Waals surface area (Å²) in [4.78, 5) is 23.1. The van der Waals surface area contributed by atoms with E-state index in [2.05, 4.69) is 5.32 Å². The lowest BCUT2D eigenvalue weighted by atomic mass is 10.2. The minimum atomic E-state index is -0.128. The molecule has 0 aliphatic heterocycles. The van der Waals surface area contributed by atoms with Crippen LogP contribution in [0.3, 0.4) is 0 Å². The fraction of sp³-hybridized carbons (Fsp3) is 0.133. The number of benzene rings is 1. The van der Waals surface area contributed by atoms with Crippen LogP contribution < -0.4 is 9.88 Å². The Balaban J connectivity index is 2.03. The lowest BCUT2D eigenvalue weighted by molar-refractivity contribution is -0.684. The van der Waals surface area contributed by atoms with Crippen molar-refractivity contribution in [3.05, 3.63) is 60.4 Å². The predicted octanol–water partition coefficient (Wildman–Crippen LogP) is 1.82. The molecule has 0 spiro atoms. The zero-order valence-corrected chi connectivity index (χ0v) is 10.7. The van der Waals surface area contributed by atoms with Gasteiger partial charge in [-0.3, -0.25) is 9.59 Å². The SMILES string of the molecule is CC(=O)c1ccc[n+](CC(=O)Nc2ccccc2)c1. The summed E-state index contributed by atoms with van der Waals surface area (Å²) in [7, 11) is 0. The molecule has 0 bridgehead atoms. The van der Waals surface area contributed by atoms with E-state index in [1.54, 1.807) is 29.1 Å². The molecule has 1 aromatic heterocycles. The van der Waals surface area contributed by atoms with Gasteiger partial charge in [-0.15, -0.1) is 0 Å². The van der Waals surface area contributed by atoms with Crippen LogP contribution in [0, 0.1) is 0 Å². The molecule has 0 aliphatic rings. The third-order valence-corrected chi connectivity index (χ3v) is 2.65. The first-order chi connectivity index (χ1) is 9.15. The molecule has 1 amide bonds. The molecular weight excluding hydrogens is 240 g/mol. The molecule has 0 saturated carbocycles. The summed E-state index contributed by atoms with van der Waals surface area (Å²) in [5.74, 6) is -0.144. The minimum Gasteiger partial charge on any atom is -0.321 e. The van der Waals surface area contributed by atoms with Crippen molar-refractivity contribution in [3.63, 3.8) is 0 Å². The van der Waals surface area contributed by atoms with Gasteiger partial charge < -0.3 is 5.32 Å². The van der Waals surface area contributed by atoms with Crippen molar-refractivity contribution in [2.24, 2.45) is 0 Å². The maximum atomic E-state index is 11.8. The van der Waals surface area contributed by atoms with Gasteiger partial charge in [-0.1, -0.05) is 18.2 Å². The Morgan fingerprint density at radius 2 is 1.84 bits per heavy atom. The van der Waals surface area contributed by atoms with Crippen molar-refractivity contribution in [3.8, 4) is 0 Å². The van der Waals surface area contributed by atoms with Gasteiger partial charge in [0.25, 0.3) is 5.91 Å². The van der Waals surface area contributed by atoms with Gasteiger partial charge in [-0.25, -0.2) is 0 Å². The van der Waals surface area contributed by atoms with E-state index in [-0.39, 0.29) is 18.2 Å². The van der Waals surface area contributed by atoms with E-state index < -0.39 is 0 Å². The summed E-state index contributed by atoms with van der Waals surface area (Å²) in [5, 5.41) is 2.79. The Bertz CT molecular complexity index is 594. The Morgan fingerprint density at radius 3 is 2.53 bits per heavy atom. The summed E-state index contributed by atoms with van der Waals surface area (Å²) in [6.45, 7) is 1.68. The number of carbonyl (C=O) groups excluding carboxylic acids is 2. The van der Waals surface area contributed by atoms with E-state index >= 15 is 0 Å². The van der Waals surface area contributed by atoms with Gasteiger partial charge in [0.05, 0.1) is 5.56 Å². The highest BCUT2D eigenvalue weighted by molar-refractivity contribution is 5.93. The maximum absolute atomic E-state index is 11.8. The predicted molar refractivity (Wildman–Crippen MR) is 71.7 cm³/mol. The molecule has 0 radical (unpaired) electrons. The highest BCUT2D eigenvalue weighted by Gasteiger charge is 2.11. The number of hydrogen-bond donors (Lipinski definition) is 1. The molecule has 0 saturated heterocycles. The number of pyridine rings is 1. The third-order valence-electron chi connectivity index (χ3n) is 2.65. The van der Waals surface area contributed by atoms with E-state index in [0.717, 1.165) is 5.69 Å². The van der Waals surface area contributed by atoms with Crippen LogP contribution in [0.5, 0.6) is 0 Å². The molecule has 19 heavy (non-hydrogen) atoms. The number of anilines is 1. The Kier molecular flexibility index (Phi) is 4.03. The maximum Gasteiger partial charge on any atom is 0.290 e. The number of ketones is 1. The summed E-state index contributed by atoms with van der Waals surface area (Å²) in [6, 6.07) is 12.8. The van der Waals surface area contributed by atoms with E-state index in [4.69, 9.17) is 0 Å². The zero-order chi connectivity index (χ0) is 13.7. The molecule has 0 aliphatic carbocycles. The smallest absolute Gasteiger partial charge is 0.290 e. The van der Waals surface area contributed by atoms with E-state index in [0.29, 0.717) is 5.56 Å². The van der Waals surface area contributed by atoms with Gasteiger partial charge in [0.15, 0.2) is 18.2 Å². The Hall–Kier alpha value is -2.49. The first-order valence-electron chi connectivity index (χ1n) is 6.00. The number of carbonyl (C=O) groups is 2. The number of rotatable bonds is 4. The standard InChI is InChI=1S/C15H14N2O2/c1-12(18)13-6-5-9-17(10-13)11-15(19)16-14-7-3-2-4-8-14/h2-10H,11H2,1H3/p+1. The summed E-state index contributed by atoms with van der Waals surface area (Å²) < 4.78 is 1.69. The zero-order valence-electron chi connectivity index (χ0n) is 10.7. The number of Topliss-reactive ketones (excluding diaryl/α,β-unsaturated/α-hetero) is 1. The van der Waals surface area contributed by atoms with Gasteiger partial charge in [-0.2, -0.15) is 4.57 Å². The molecule has 2 aromatic rings. The van der Waals surface area contributed by atoms with Crippen LogP contribution in [-0.4, -0.2) is 11.7 Å². The fourth-order valence-electron chi connectivity index (χ4n) is 1.72. The molecule has 4 heteroatoms. The topological polar surface area (TPSA) is 50.0 Å². The van der Waals surface area contributed by atoms with Gasteiger partial charge in [0, 0.05) is 11.8 Å². The Labute approximate surface area is 111 Å². The van der Waals surface area contributed by atoms with Crippen molar-refractivity contribution < 1.29 is 14.2 Å². The van der Waals surface area contributed by atoms with Crippen molar-refractivity contribution in [2.75, 3.05) is 5.32 Å². The normalized spacial score (nSPS) is 9.95. The van der Waals surface area contributed by atoms with Gasteiger partial charge in [-0.05, 0) is 25.1 Å². The van der Waals surface area contributed by atoms with E-state index in [9.17, 15) is 9.59 Å². The van der Waals surface area contributed by atoms with Crippen LogP contribution in [-0.2, 0) is 11.3 Å². The van der Waals surface area contributed by atoms with Crippen LogP contribution in [0.2, 0.25) is 0 Å². The molecule has 1 aromatic carbocycles. The number of nitrogens with zero attached hydrogens (tertiary/aromatic N) is 1. The fourth-order valence-corrected chi connectivity index (χ4v) is 1.72. The monoisotopic (exact) mass is 255 g/mol. The van der Waals surface area contributed by atoms with Gasteiger partial charge >= 0.3 is 0 Å². The number of nitrogens with one attached hydrogen (secondary N) is 1. The van der Waals surface area contributed by atoms with Crippen LogP contribution in [0.4, 0.5) is 5.69 Å². The summed E-state index contributed by atoms with van der Waals surface area (Å²) >= 11 is 0. The van der Waals surface area contributed by atoms with Gasteiger partial charge in [0.2, 0.25) is 6.54 Å². The minimum absolute atomic E-state index is 0.0159. The highest BCUT2D eigenvalue weighted by atomic mass is 16.2. The number of para-hydroxylation sites is 1. The molecule has 0 atom stereocenters. The summed E-state index contributed by atoms with van der Waals surface area (Å²) in [5.41, 5.74) is 1.35. The molecule has 0 unspecified atom stereocenters. The van der Waals surface area contributed by atoms with Crippen LogP contribution >= 0.6 is 0 Å². The number of amides is 1. The van der Waals surface area contributed by atoms with Crippen LogP contribution in [0.1, 0.15) is 17.3 Å². The number of hydrogen-bond acceptors (Lipinski definition) is 2. The Morgan fingerprint density at radius 1 is 1.11 bits per heavy atom. The molecule has 1 heterocycles. The second-order valence-corrected chi connectivity index (χ2v) is 4.24. The first kappa shape index (κ1) is 13.0.